The maximum Gasteiger partial charge on any atom is 0.157 e. The van der Waals surface area contributed by atoms with Gasteiger partial charge in [0.25, 0.3) is 0 Å². The van der Waals surface area contributed by atoms with Gasteiger partial charge in [0.1, 0.15) is 0 Å². The van der Waals surface area contributed by atoms with E-state index in [0.717, 1.165) is 18.4 Å². The molecule has 1 heterocycles. The fourth-order valence-electron chi connectivity index (χ4n) is 1.17. The van der Waals surface area contributed by atoms with Crippen molar-refractivity contribution < 1.29 is 9.21 Å². The van der Waals surface area contributed by atoms with Crippen LogP contribution in [0.1, 0.15) is 18.4 Å². The topological polar surface area (TPSA) is 56.2 Å². The molecular weight excluding hydrogens is 154 g/mol. The average Bonchev–Trinajstić information content (AvgIpc) is 2.63. The summed E-state index contributed by atoms with van der Waals surface area (Å²) in [6, 6.07) is 1.80. The van der Waals surface area contributed by atoms with Gasteiger partial charge in [0.15, 0.2) is 5.78 Å². The zero-order chi connectivity index (χ0) is 8.60. The molecular formula is C9H11NO2. The van der Waals surface area contributed by atoms with E-state index in [9.17, 15) is 4.79 Å². The van der Waals surface area contributed by atoms with Crippen molar-refractivity contribution in [3.05, 3.63) is 24.2 Å². The lowest BCUT2D eigenvalue weighted by atomic mass is 10.1. The van der Waals surface area contributed by atoms with E-state index in [-0.39, 0.29) is 5.78 Å². The molecule has 0 spiro atoms. The van der Waals surface area contributed by atoms with Gasteiger partial charge >= 0.3 is 0 Å². The van der Waals surface area contributed by atoms with Gasteiger partial charge in [0.2, 0.25) is 0 Å². The van der Waals surface area contributed by atoms with E-state index in [4.69, 9.17) is 10.2 Å². The first-order valence-corrected chi connectivity index (χ1v) is 4.04. The quantitative estimate of drug-likeness (QED) is 0.723. The molecule has 3 nitrogen and oxygen atoms in total. The second-order valence-corrected chi connectivity index (χ2v) is 3.39. The van der Waals surface area contributed by atoms with E-state index in [2.05, 4.69) is 0 Å². The van der Waals surface area contributed by atoms with Crippen LogP contribution in [0.15, 0.2) is 23.0 Å². The van der Waals surface area contributed by atoms with Gasteiger partial charge in [-0.05, 0) is 24.5 Å². The third-order valence-corrected chi connectivity index (χ3v) is 2.29. The van der Waals surface area contributed by atoms with Crippen LogP contribution in [-0.4, -0.2) is 11.3 Å². The third kappa shape index (κ3) is 1.28. The van der Waals surface area contributed by atoms with Gasteiger partial charge in [-0.3, -0.25) is 4.79 Å². The van der Waals surface area contributed by atoms with Crippen molar-refractivity contribution >= 4 is 5.78 Å². The van der Waals surface area contributed by atoms with Crippen LogP contribution in [0.5, 0.6) is 0 Å². The summed E-state index contributed by atoms with van der Waals surface area (Å²) in [7, 11) is 0. The summed E-state index contributed by atoms with van der Waals surface area (Å²) >= 11 is 0. The van der Waals surface area contributed by atoms with Crippen LogP contribution in [0, 0.1) is 0 Å². The largest absolute Gasteiger partial charge is 0.472 e. The van der Waals surface area contributed by atoms with Crippen molar-refractivity contribution in [2.24, 2.45) is 5.73 Å². The number of carbonyl (C=O) groups is 1. The second kappa shape index (κ2) is 2.45. The molecule has 0 atom stereocenters. The van der Waals surface area contributed by atoms with E-state index in [1.165, 1.54) is 0 Å². The van der Waals surface area contributed by atoms with Crippen LogP contribution >= 0.6 is 0 Å². The molecule has 64 valence electrons. The fraction of sp³-hybridized carbons (Fsp3) is 0.444. The summed E-state index contributed by atoms with van der Waals surface area (Å²) in [4.78, 5) is 11.4. The monoisotopic (exact) mass is 165 g/mol. The third-order valence-electron chi connectivity index (χ3n) is 2.29. The van der Waals surface area contributed by atoms with Crippen molar-refractivity contribution in [2.45, 2.75) is 24.8 Å². The summed E-state index contributed by atoms with van der Waals surface area (Å²) in [5, 5.41) is 0. The molecule has 0 amide bonds. The van der Waals surface area contributed by atoms with Crippen LogP contribution in [0.3, 0.4) is 0 Å². The molecule has 1 fully saturated rings. The highest BCUT2D eigenvalue weighted by atomic mass is 16.3. The Morgan fingerprint density at radius 3 is 2.92 bits per heavy atom. The van der Waals surface area contributed by atoms with Crippen LogP contribution < -0.4 is 5.73 Å². The van der Waals surface area contributed by atoms with Gasteiger partial charge in [-0.25, -0.2) is 0 Å². The van der Waals surface area contributed by atoms with Crippen LogP contribution in [0.2, 0.25) is 0 Å². The Bertz CT molecular complexity index is 285. The molecule has 1 aliphatic rings. The first-order valence-electron chi connectivity index (χ1n) is 4.04. The lowest BCUT2D eigenvalue weighted by molar-refractivity contribution is -0.120. The van der Waals surface area contributed by atoms with Crippen molar-refractivity contribution in [2.75, 3.05) is 0 Å². The van der Waals surface area contributed by atoms with Crippen molar-refractivity contribution in [1.29, 1.82) is 0 Å². The maximum absolute atomic E-state index is 11.4. The Balaban J connectivity index is 2.00. The lowest BCUT2D eigenvalue weighted by Crippen LogP contribution is -2.33. The molecule has 1 aliphatic carbocycles. The van der Waals surface area contributed by atoms with Gasteiger partial charge in [-0.2, -0.15) is 0 Å². The van der Waals surface area contributed by atoms with Gasteiger partial charge in [-0.1, -0.05) is 0 Å². The minimum atomic E-state index is -0.503. The van der Waals surface area contributed by atoms with Crippen LogP contribution in [0.25, 0.3) is 0 Å². The number of rotatable bonds is 3. The predicted octanol–water partition coefficient (Wildman–Crippen LogP) is 0.882. The van der Waals surface area contributed by atoms with E-state index in [1.807, 2.05) is 0 Å². The number of furan rings is 1. The number of nitrogens with two attached hydrogens (primary N) is 1. The number of ketones is 1. The van der Waals surface area contributed by atoms with Gasteiger partial charge in [0.05, 0.1) is 18.1 Å². The van der Waals surface area contributed by atoms with E-state index in [1.54, 1.807) is 18.6 Å². The van der Waals surface area contributed by atoms with Gasteiger partial charge in [-0.15, -0.1) is 0 Å². The summed E-state index contributed by atoms with van der Waals surface area (Å²) in [5.41, 5.74) is 6.14. The van der Waals surface area contributed by atoms with E-state index in [0.29, 0.717) is 6.42 Å². The molecule has 0 saturated heterocycles. The molecule has 0 bridgehead atoms. The van der Waals surface area contributed by atoms with Crippen molar-refractivity contribution in [1.82, 2.24) is 0 Å². The minimum absolute atomic E-state index is 0.129. The Morgan fingerprint density at radius 2 is 2.42 bits per heavy atom. The number of hydrogen-bond acceptors (Lipinski definition) is 3. The second-order valence-electron chi connectivity index (χ2n) is 3.39. The fourth-order valence-corrected chi connectivity index (χ4v) is 1.17. The Kier molecular flexibility index (Phi) is 1.54. The maximum atomic E-state index is 11.4. The normalized spacial score (nSPS) is 19.1. The molecule has 1 aromatic heterocycles. The van der Waals surface area contributed by atoms with Gasteiger partial charge < -0.3 is 10.2 Å². The number of Topliss-reactive ketones (excluding diaryl/α,β-unsaturated/α-hetero) is 1. The Hall–Kier alpha value is -1.09. The zero-order valence-corrected chi connectivity index (χ0v) is 6.75. The average molecular weight is 165 g/mol. The highest BCUT2D eigenvalue weighted by Crippen LogP contribution is 2.33. The molecule has 1 aromatic rings. The molecule has 3 heteroatoms. The molecule has 0 aliphatic heterocycles. The minimum Gasteiger partial charge on any atom is -0.472 e. The van der Waals surface area contributed by atoms with E-state index < -0.39 is 5.54 Å². The molecule has 0 radical (unpaired) electrons. The predicted molar refractivity (Wildman–Crippen MR) is 43.6 cm³/mol. The number of carbonyl (C=O) groups excluding carboxylic acids is 1. The van der Waals surface area contributed by atoms with Crippen molar-refractivity contribution in [3.8, 4) is 0 Å². The van der Waals surface area contributed by atoms with Gasteiger partial charge in [0, 0.05) is 6.42 Å². The SMILES string of the molecule is NC1(C(=O)Cc2ccoc2)CC1. The summed E-state index contributed by atoms with van der Waals surface area (Å²) in [5.74, 6) is 0.129. The molecule has 1 saturated carbocycles. The lowest BCUT2D eigenvalue weighted by Gasteiger charge is -2.04. The highest BCUT2D eigenvalue weighted by molar-refractivity contribution is 5.92. The summed E-state index contributed by atoms with van der Waals surface area (Å²) in [6.45, 7) is 0. The Labute approximate surface area is 70.5 Å². The van der Waals surface area contributed by atoms with Crippen molar-refractivity contribution in [3.63, 3.8) is 0 Å². The first-order chi connectivity index (χ1) is 5.71. The number of hydrogen-bond donors (Lipinski definition) is 1. The van der Waals surface area contributed by atoms with Crippen LogP contribution in [0.4, 0.5) is 0 Å². The smallest absolute Gasteiger partial charge is 0.157 e. The molecule has 0 unspecified atom stereocenters. The van der Waals surface area contributed by atoms with E-state index >= 15 is 0 Å². The summed E-state index contributed by atoms with van der Waals surface area (Å²) < 4.78 is 4.86. The first kappa shape index (κ1) is 7.55. The molecule has 2 N–H and O–H groups in total. The summed E-state index contributed by atoms with van der Waals surface area (Å²) in [6.07, 6.45) is 5.24. The molecule has 2 rings (SSSR count). The zero-order valence-electron chi connectivity index (χ0n) is 6.75. The molecule has 0 aromatic carbocycles. The molecule has 12 heavy (non-hydrogen) atoms. The van der Waals surface area contributed by atoms with Crippen LogP contribution in [-0.2, 0) is 11.2 Å². The Morgan fingerprint density at radius 1 is 1.67 bits per heavy atom. The highest BCUT2D eigenvalue weighted by Gasteiger charge is 2.45. The standard InChI is InChI=1S/C9H11NO2/c10-9(2-3-9)8(11)5-7-1-4-12-6-7/h1,4,6H,2-3,5,10H2.